The van der Waals surface area contributed by atoms with Crippen molar-refractivity contribution in [3.8, 4) is 0 Å². The molecule has 1 aliphatic heterocycles. The van der Waals surface area contributed by atoms with E-state index in [9.17, 15) is 15.0 Å². The second-order valence-electron chi connectivity index (χ2n) is 7.89. The lowest BCUT2D eigenvalue weighted by Crippen LogP contribution is -2.48. The highest BCUT2D eigenvalue weighted by molar-refractivity contribution is 5.89. The molecule has 0 saturated carbocycles. The number of nitrogens with zero attached hydrogens (tertiary/aromatic N) is 1. The third-order valence-corrected chi connectivity index (χ3v) is 5.60. The van der Waals surface area contributed by atoms with E-state index in [1.54, 1.807) is 24.3 Å². The van der Waals surface area contributed by atoms with Crippen LogP contribution in [0.4, 0.5) is 0 Å². The lowest BCUT2D eigenvalue weighted by atomic mass is 10.0. The summed E-state index contributed by atoms with van der Waals surface area (Å²) in [6, 6.07) is 28.0. The van der Waals surface area contributed by atoms with Gasteiger partial charge in [0.1, 0.15) is 18.8 Å². The van der Waals surface area contributed by atoms with E-state index in [1.807, 2.05) is 66.7 Å². The van der Waals surface area contributed by atoms with Gasteiger partial charge in [-0.15, -0.1) is 0 Å². The van der Waals surface area contributed by atoms with E-state index in [2.05, 4.69) is 4.90 Å². The van der Waals surface area contributed by atoms with Gasteiger partial charge in [-0.3, -0.25) is 4.90 Å². The van der Waals surface area contributed by atoms with Crippen LogP contribution in [0.25, 0.3) is 0 Å². The summed E-state index contributed by atoms with van der Waals surface area (Å²) in [6.45, 7) is 1.000. The second-order valence-corrected chi connectivity index (χ2v) is 7.89. The lowest BCUT2D eigenvalue weighted by molar-refractivity contribution is -0.133. The number of hydrogen-bond acceptors (Lipinski definition) is 6. The summed E-state index contributed by atoms with van der Waals surface area (Å²) in [7, 11) is 0. The van der Waals surface area contributed by atoms with Gasteiger partial charge in [0.15, 0.2) is 6.29 Å². The first kappa shape index (κ1) is 22.2. The largest absolute Gasteiger partial charge is 0.459 e. The van der Waals surface area contributed by atoms with Gasteiger partial charge < -0.3 is 19.7 Å². The number of carbonyl (C=O) groups is 1. The summed E-state index contributed by atoms with van der Waals surface area (Å²) >= 11 is 0. The highest BCUT2D eigenvalue weighted by Gasteiger charge is 2.46. The molecule has 6 nitrogen and oxygen atoms in total. The average Bonchev–Trinajstić information content (AvgIpc) is 3.12. The van der Waals surface area contributed by atoms with E-state index in [4.69, 9.17) is 9.47 Å². The maximum atomic E-state index is 12.4. The van der Waals surface area contributed by atoms with Crippen LogP contribution >= 0.6 is 0 Å². The highest BCUT2D eigenvalue weighted by Crippen LogP contribution is 2.28. The third kappa shape index (κ3) is 5.41. The van der Waals surface area contributed by atoms with Crippen LogP contribution in [0.15, 0.2) is 91.0 Å². The monoisotopic (exact) mass is 433 g/mol. The molecule has 1 unspecified atom stereocenters. The Morgan fingerprint density at radius 1 is 0.812 bits per heavy atom. The minimum atomic E-state index is -1.35. The predicted molar refractivity (Wildman–Crippen MR) is 120 cm³/mol. The molecule has 166 valence electrons. The molecule has 0 aromatic heterocycles. The Hall–Kier alpha value is -3.03. The number of aliphatic hydroxyl groups excluding tert-OH is 2. The summed E-state index contributed by atoms with van der Waals surface area (Å²) in [5, 5.41) is 21.0. The van der Waals surface area contributed by atoms with E-state index in [0.717, 1.165) is 11.1 Å². The molecule has 1 fully saturated rings. The van der Waals surface area contributed by atoms with Crippen molar-refractivity contribution in [2.75, 3.05) is 6.61 Å². The van der Waals surface area contributed by atoms with Crippen molar-refractivity contribution < 1.29 is 24.5 Å². The molecule has 1 aliphatic rings. The molecule has 3 aromatic carbocycles. The topological polar surface area (TPSA) is 79.2 Å². The molecule has 32 heavy (non-hydrogen) atoms. The highest BCUT2D eigenvalue weighted by atomic mass is 16.6. The van der Waals surface area contributed by atoms with Crippen LogP contribution in [-0.2, 0) is 22.6 Å². The number of aliphatic hydroxyl groups is 2. The van der Waals surface area contributed by atoms with Crippen LogP contribution in [0.1, 0.15) is 21.5 Å². The van der Waals surface area contributed by atoms with Crippen molar-refractivity contribution in [1.82, 2.24) is 4.90 Å². The Labute approximate surface area is 187 Å². The Bertz CT molecular complexity index is 941. The zero-order valence-corrected chi connectivity index (χ0v) is 17.7. The van der Waals surface area contributed by atoms with Crippen molar-refractivity contribution >= 4 is 5.97 Å². The molecule has 0 bridgehead atoms. The van der Waals surface area contributed by atoms with Gasteiger partial charge in [0.2, 0.25) is 0 Å². The van der Waals surface area contributed by atoms with Crippen LogP contribution in [-0.4, -0.2) is 52.2 Å². The summed E-state index contributed by atoms with van der Waals surface area (Å²) in [4.78, 5) is 14.5. The number of ether oxygens (including phenoxy) is 2. The Kier molecular flexibility index (Phi) is 7.29. The molecule has 0 radical (unpaired) electrons. The third-order valence-electron chi connectivity index (χ3n) is 5.60. The zero-order valence-electron chi connectivity index (χ0n) is 17.7. The Morgan fingerprint density at radius 2 is 1.31 bits per heavy atom. The van der Waals surface area contributed by atoms with Crippen LogP contribution in [0.5, 0.6) is 0 Å². The van der Waals surface area contributed by atoms with E-state index in [1.165, 1.54) is 0 Å². The van der Waals surface area contributed by atoms with Gasteiger partial charge in [0.05, 0.1) is 11.6 Å². The molecule has 0 spiro atoms. The van der Waals surface area contributed by atoms with Gasteiger partial charge in [-0.25, -0.2) is 4.79 Å². The first-order chi connectivity index (χ1) is 15.6. The van der Waals surface area contributed by atoms with Gasteiger partial charge in [-0.05, 0) is 23.3 Å². The van der Waals surface area contributed by atoms with Crippen LogP contribution in [0.3, 0.4) is 0 Å². The summed E-state index contributed by atoms with van der Waals surface area (Å²) in [5.74, 6) is -0.471. The molecule has 2 N–H and O–H groups in total. The molecule has 1 saturated heterocycles. The number of benzene rings is 3. The van der Waals surface area contributed by atoms with Gasteiger partial charge in [0, 0.05) is 13.1 Å². The first-order valence-corrected chi connectivity index (χ1v) is 10.7. The molecule has 0 aliphatic carbocycles. The zero-order chi connectivity index (χ0) is 22.3. The standard InChI is InChI=1S/C26H27NO5/c28-24-23(22(32-26(24)30)18-31-25(29)21-14-8-3-9-15-21)27(16-19-10-4-1-5-11-19)17-20-12-6-2-7-13-20/h1-15,22-24,26,28,30H,16-18H2/t22-,23+,24?,26+/m1/s1. The summed E-state index contributed by atoms with van der Waals surface area (Å²) in [6.07, 6.45) is -3.17. The molecule has 6 heteroatoms. The normalized spacial score (nSPS) is 22.7. The van der Waals surface area contributed by atoms with Crippen molar-refractivity contribution in [2.45, 2.75) is 37.6 Å². The van der Waals surface area contributed by atoms with Gasteiger partial charge >= 0.3 is 5.97 Å². The summed E-state index contributed by atoms with van der Waals surface area (Å²) < 4.78 is 11.1. The van der Waals surface area contributed by atoms with Crippen molar-refractivity contribution in [3.05, 3.63) is 108 Å². The maximum absolute atomic E-state index is 12.4. The maximum Gasteiger partial charge on any atom is 0.338 e. The fourth-order valence-electron chi connectivity index (χ4n) is 4.04. The van der Waals surface area contributed by atoms with Crippen molar-refractivity contribution in [1.29, 1.82) is 0 Å². The lowest BCUT2D eigenvalue weighted by Gasteiger charge is -2.33. The molecule has 0 amide bonds. The second kappa shape index (κ2) is 10.5. The van der Waals surface area contributed by atoms with Crippen LogP contribution in [0, 0.1) is 0 Å². The fourth-order valence-corrected chi connectivity index (χ4v) is 4.04. The fraction of sp³-hybridized carbons (Fsp3) is 0.269. The SMILES string of the molecule is O=C(OC[C@H]1O[C@H](O)C(O)[C@H]1N(Cc1ccccc1)Cc1ccccc1)c1ccccc1. The molecule has 1 heterocycles. The van der Waals surface area contributed by atoms with E-state index in [-0.39, 0.29) is 6.61 Å². The minimum Gasteiger partial charge on any atom is -0.459 e. The first-order valence-electron chi connectivity index (χ1n) is 10.7. The smallest absolute Gasteiger partial charge is 0.338 e. The minimum absolute atomic E-state index is 0.0768. The number of rotatable bonds is 8. The Balaban J connectivity index is 1.54. The van der Waals surface area contributed by atoms with Gasteiger partial charge in [-0.1, -0.05) is 78.9 Å². The predicted octanol–water partition coefficient (Wildman–Crippen LogP) is 2.99. The summed E-state index contributed by atoms with van der Waals surface area (Å²) in [5.41, 5.74) is 2.57. The molecular formula is C26H27NO5. The quantitative estimate of drug-likeness (QED) is 0.532. The van der Waals surface area contributed by atoms with Crippen LogP contribution in [0.2, 0.25) is 0 Å². The van der Waals surface area contributed by atoms with Crippen molar-refractivity contribution in [2.24, 2.45) is 0 Å². The molecule has 4 rings (SSSR count). The molecular weight excluding hydrogens is 406 g/mol. The van der Waals surface area contributed by atoms with Gasteiger partial charge in [-0.2, -0.15) is 0 Å². The number of carbonyl (C=O) groups excluding carboxylic acids is 1. The molecule has 4 atom stereocenters. The number of esters is 1. The number of hydrogen-bond donors (Lipinski definition) is 2. The van der Waals surface area contributed by atoms with E-state index in [0.29, 0.717) is 18.7 Å². The van der Waals surface area contributed by atoms with E-state index < -0.39 is 30.5 Å². The van der Waals surface area contributed by atoms with E-state index >= 15 is 0 Å². The van der Waals surface area contributed by atoms with Gasteiger partial charge in [0.25, 0.3) is 0 Å². The average molecular weight is 434 g/mol. The van der Waals surface area contributed by atoms with Crippen LogP contribution < -0.4 is 0 Å². The Morgan fingerprint density at radius 3 is 1.84 bits per heavy atom. The molecule has 3 aromatic rings. The van der Waals surface area contributed by atoms with Crippen molar-refractivity contribution in [3.63, 3.8) is 0 Å².